The van der Waals surface area contributed by atoms with Crippen molar-refractivity contribution in [2.75, 3.05) is 5.32 Å². The molecule has 1 heterocycles. The number of carbonyl (C=O) groups is 3. The van der Waals surface area contributed by atoms with Gasteiger partial charge in [0.05, 0.1) is 21.7 Å². The van der Waals surface area contributed by atoms with Gasteiger partial charge in [-0.1, -0.05) is 25.1 Å². The number of anilines is 1. The molecule has 3 aromatic rings. The maximum Gasteiger partial charge on any atom is 0.335 e. The van der Waals surface area contributed by atoms with Crippen LogP contribution in [0.2, 0.25) is 0 Å². The first-order valence-electron chi connectivity index (χ1n) is 8.47. The van der Waals surface area contributed by atoms with E-state index in [1.807, 2.05) is 13.0 Å². The van der Waals surface area contributed by atoms with Crippen LogP contribution in [0.5, 0.6) is 0 Å². The number of carbonyl (C=O) groups excluding carboxylic acids is 2. The summed E-state index contributed by atoms with van der Waals surface area (Å²) < 4.78 is 14.0. The summed E-state index contributed by atoms with van der Waals surface area (Å²) in [5.41, 5.74) is -0.151. The van der Waals surface area contributed by atoms with Gasteiger partial charge in [0.2, 0.25) is 5.78 Å². The van der Waals surface area contributed by atoms with Gasteiger partial charge in [0.25, 0.3) is 5.91 Å². The Morgan fingerprint density at radius 2 is 1.75 bits per heavy atom. The van der Waals surface area contributed by atoms with E-state index in [-0.39, 0.29) is 28.2 Å². The molecule has 0 saturated heterocycles. The molecular formula is C21H16FNO4S. The highest BCUT2D eigenvalue weighted by Crippen LogP contribution is 2.23. The summed E-state index contributed by atoms with van der Waals surface area (Å²) in [5.74, 6) is -3.00. The molecule has 0 unspecified atom stereocenters. The van der Waals surface area contributed by atoms with Crippen LogP contribution in [0.4, 0.5) is 10.1 Å². The molecular weight excluding hydrogens is 381 g/mol. The molecule has 0 fully saturated rings. The maximum atomic E-state index is 14.0. The van der Waals surface area contributed by atoms with Crippen LogP contribution < -0.4 is 5.32 Å². The third kappa shape index (κ3) is 3.99. The van der Waals surface area contributed by atoms with Crippen LogP contribution in [0, 0.1) is 5.82 Å². The number of aromatic carboxylic acids is 1. The molecule has 0 aliphatic heterocycles. The van der Waals surface area contributed by atoms with Gasteiger partial charge in [0, 0.05) is 10.4 Å². The Morgan fingerprint density at radius 1 is 1.04 bits per heavy atom. The fourth-order valence-electron chi connectivity index (χ4n) is 2.65. The second-order valence-electron chi connectivity index (χ2n) is 5.95. The fraction of sp³-hybridized carbons (Fsp3) is 0.0952. The SMILES string of the molecule is CCc1ccc(C(=O)c2ccccc2C(=O)Nc2cc(C(=O)O)ccc2F)s1. The fourth-order valence-corrected chi connectivity index (χ4v) is 3.55. The molecule has 7 heteroatoms. The van der Waals surface area contributed by atoms with Crippen molar-refractivity contribution in [1.29, 1.82) is 0 Å². The quantitative estimate of drug-likeness (QED) is 0.594. The molecule has 0 atom stereocenters. The van der Waals surface area contributed by atoms with Gasteiger partial charge in [-0.3, -0.25) is 9.59 Å². The molecule has 0 saturated carbocycles. The highest BCUT2D eigenvalue weighted by molar-refractivity contribution is 7.14. The minimum absolute atomic E-state index is 0.0825. The van der Waals surface area contributed by atoms with Gasteiger partial charge in [0.15, 0.2) is 0 Å². The Morgan fingerprint density at radius 3 is 2.39 bits per heavy atom. The number of hydrogen-bond donors (Lipinski definition) is 2. The molecule has 0 spiro atoms. The Labute approximate surface area is 164 Å². The van der Waals surface area contributed by atoms with Crippen molar-refractivity contribution in [3.05, 3.63) is 86.9 Å². The zero-order valence-corrected chi connectivity index (χ0v) is 15.7. The molecule has 0 aliphatic carbocycles. The summed E-state index contributed by atoms with van der Waals surface area (Å²) in [4.78, 5) is 38.2. The number of rotatable bonds is 6. The van der Waals surface area contributed by atoms with Gasteiger partial charge in [-0.15, -0.1) is 11.3 Å². The molecule has 0 bridgehead atoms. The summed E-state index contributed by atoms with van der Waals surface area (Å²) in [6.07, 6.45) is 0.805. The molecule has 1 aromatic heterocycles. The van der Waals surface area contributed by atoms with E-state index in [9.17, 15) is 18.8 Å². The predicted molar refractivity (Wildman–Crippen MR) is 105 cm³/mol. The highest BCUT2D eigenvalue weighted by atomic mass is 32.1. The number of nitrogens with one attached hydrogen (secondary N) is 1. The lowest BCUT2D eigenvalue weighted by Crippen LogP contribution is -2.17. The molecule has 0 aliphatic rings. The molecule has 3 rings (SSSR count). The van der Waals surface area contributed by atoms with E-state index in [1.165, 1.54) is 23.5 Å². The number of hydrogen-bond acceptors (Lipinski definition) is 4. The van der Waals surface area contributed by atoms with E-state index in [1.54, 1.807) is 18.2 Å². The van der Waals surface area contributed by atoms with Crippen LogP contribution in [0.3, 0.4) is 0 Å². The Balaban J connectivity index is 1.92. The van der Waals surface area contributed by atoms with Crippen molar-refractivity contribution in [2.24, 2.45) is 0 Å². The first-order valence-corrected chi connectivity index (χ1v) is 9.29. The van der Waals surface area contributed by atoms with Gasteiger partial charge in [-0.25, -0.2) is 9.18 Å². The molecule has 0 radical (unpaired) electrons. The lowest BCUT2D eigenvalue weighted by molar-refractivity contribution is 0.0696. The third-order valence-corrected chi connectivity index (χ3v) is 5.34. The van der Waals surface area contributed by atoms with Crippen molar-refractivity contribution in [2.45, 2.75) is 13.3 Å². The van der Waals surface area contributed by atoms with Crippen LogP contribution in [0.25, 0.3) is 0 Å². The Bertz CT molecular complexity index is 1070. The van der Waals surface area contributed by atoms with E-state index in [2.05, 4.69) is 5.32 Å². The van der Waals surface area contributed by atoms with Crippen LogP contribution >= 0.6 is 11.3 Å². The number of aryl methyl sites for hydroxylation is 1. The summed E-state index contributed by atoms with van der Waals surface area (Å²) in [6, 6.07) is 12.9. The number of benzene rings is 2. The van der Waals surface area contributed by atoms with Crippen molar-refractivity contribution in [3.63, 3.8) is 0 Å². The molecule has 28 heavy (non-hydrogen) atoms. The van der Waals surface area contributed by atoms with Crippen LogP contribution in [0.1, 0.15) is 47.8 Å². The molecule has 142 valence electrons. The molecule has 2 aromatic carbocycles. The average molecular weight is 397 g/mol. The number of amides is 1. The zero-order chi connectivity index (χ0) is 20.3. The normalized spacial score (nSPS) is 10.5. The second kappa shape index (κ2) is 8.14. The number of thiophene rings is 1. The molecule has 2 N–H and O–H groups in total. The number of ketones is 1. The minimum Gasteiger partial charge on any atom is -0.478 e. The first kappa shape index (κ1) is 19.4. The standard InChI is InChI=1S/C21H16FNO4S/c1-2-13-8-10-18(28-13)19(24)14-5-3-4-6-15(14)20(25)23-17-11-12(21(26)27)7-9-16(17)22/h3-11H,2H2,1H3,(H,23,25)(H,26,27). The minimum atomic E-state index is -1.24. The van der Waals surface area contributed by atoms with Gasteiger partial charge >= 0.3 is 5.97 Å². The largest absolute Gasteiger partial charge is 0.478 e. The summed E-state index contributed by atoms with van der Waals surface area (Å²) in [7, 11) is 0. The average Bonchev–Trinajstić information content (AvgIpc) is 3.18. The topological polar surface area (TPSA) is 83.5 Å². The zero-order valence-electron chi connectivity index (χ0n) is 14.9. The molecule has 1 amide bonds. The summed E-state index contributed by atoms with van der Waals surface area (Å²) >= 11 is 1.36. The van der Waals surface area contributed by atoms with Crippen LogP contribution in [-0.4, -0.2) is 22.8 Å². The second-order valence-corrected chi connectivity index (χ2v) is 7.12. The summed E-state index contributed by atoms with van der Waals surface area (Å²) in [5, 5.41) is 11.4. The number of carboxylic acids is 1. The smallest absolute Gasteiger partial charge is 0.335 e. The predicted octanol–water partition coefficient (Wildman–Crippen LogP) is 4.63. The van der Waals surface area contributed by atoms with E-state index >= 15 is 0 Å². The van der Waals surface area contributed by atoms with Crippen molar-refractivity contribution < 1.29 is 23.9 Å². The Kier molecular flexibility index (Phi) is 5.65. The number of halogens is 1. The van der Waals surface area contributed by atoms with E-state index in [0.29, 0.717) is 4.88 Å². The van der Waals surface area contributed by atoms with Crippen LogP contribution in [-0.2, 0) is 6.42 Å². The van der Waals surface area contributed by atoms with Gasteiger partial charge in [0.1, 0.15) is 5.82 Å². The maximum absolute atomic E-state index is 14.0. The van der Waals surface area contributed by atoms with E-state index in [0.717, 1.165) is 29.5 Å². The monoisotopic (exact) mass is 397 g/mol. The molecule has 5 nitrogen and oxygen atoms in total. The van der Waals surface area contributed by atoms with Crippen molar-refractivity contribution >= 4 is 34.7 Å². The lowest BCUT2D eigenvalue weighted by Gasteiger charge is -2.10. The van der Waals surface area contributed by atoms with E-state index < -0.39 is 17.7 Å². The Hall–Kier alpha value is -3.32. The lowest BCUT2D eigenvalue weighted by atomic mass is 10.0. The first-order chi connectivity index (χ1) is 13.4. The van der Waals surface area contributed by atoms with Gasteiger partial charge in [-0.2, -0.15) is 0 Å². The van der Waals surface area contributed by atoms with E-state index in [4.69, 9.17) is 5.11 Å². The summed E-state index contributed by atoms with van der Waals surface area (Å²) in [6.45, 7) is 1.99. The van der Waals surface area contributed by atoms with Crippen molar-refractivity contribution in [1.82, 2.24) is 0 Å². The highest BCUT2D eigenvalue weighted by Gasteiger charge is 2.20. The van der Waals surface area contributed by atoms with Crippen molar-refractivity contribution in [3.8, 4) is 0 Å². The van der Waals surface area contributed by atoms with Crippen LogP contribution in [0.15, 0.2) is 54.6 Å². The van der Waals surface area contributed by atoms with Gasteiger partial charge in [-0.05, 0) is 42.8 Å². The number of carboxylic acid groups (broad SMARTS) is 1. The van der Waals surface area contributed by atoms with Gasteiger partial charge < -0.3 is 10.4 Å². The third-order valence-electron chi connectivity index (χ3n) is 4.11.